The molecule has 0 aliphatic carbocycles. The number of ether oxygens (including phenoxy) is 1. The van der Waals surface area contributed by atoms with Crippen molar-refractivity contribution in [1.29, 1.82) is 0 Å². The van der Waals surface area contributed by atoms with Gasteiger partial charge in [0.25, 0.3) is 0 Å². The zero-order valence-electron chi connectivity index (χ0n) is 8.40. The summed E-state index contributed by atoms with van der Waals surface area (Å²) in [6.45, 7) is 11.3. The van der Waals surface area contributed by atoms with Crippen LogP contribution in [-0.4, -0.2) is 12.2 Å². The van der Waals surface area contributed by atoms with Gasteiger partial charge in [0.15, 0.2) is 0 Å². The minimum atomic E-state index is -0.0884. The molecule has 0 aromatic rings. The third-order valence-corrected chi connectivity index (χ3v) is 1.31. The molecule has 0 N–H and O–H groups in total. The second-order valence-corrected chi connectivity index (χ2v) is 3.67. The Morgan fingerprint density at radius 1 is 1.36 bits per heavy atom. The summed E-state index contributed by atoms with van der Waals surface area (Å²) in [7, 11) is 0. The molecule has 0 saturated carbocycles. The third-order valence-electron chi connectivity index (χ3n) is 1.31. The Morgan fingerprint density at radius 3 is 2.27 bits per heavy atom. The summed E-state index contributed by atoms with van der Waals surface area (Å²) in [6.07, 6.45) is 3.24. The van der Waals surface area contributed by atoms with E-state index in [0.717, 1.165) is 13.0 Å². The molecule has 0 aliphatic heterocycles. The summed E-state index contributed by atoms with van der Waals surface area (Å²) in [5.74, 6) is 0. The van der Waals surface area contributed by atoms with E-state index in [0.29, 0.717) is 0 Å². The predicted molar refractivity (Wildman–Crippen MR) is 49.8 cm³/mol. The van der Waals surface area contributed by atoms with Crippen molar-refractivity contribution in [3.8, 4) is 0 Å². The molecule has 0 unspecified atom stereocenters. The van der Waals surface area contributed by atoms with Gasteiger partial charge in [0, 0.05) is 6.61 Å². The Bertz CT molecular complexity index is 130. The molecule has 0 heterocycles. The molecular formula is C10H20O. The first-order chi connectivity index (χ1) is 4.98. The molecule has 0 atom stereocenters. The van der Waals surface area contributed by atoms with Gasteiger partial charge in [0.2, 0.25) is 0 Å². The summed E-state index contributed by atoms with van der Waals surface area (Å²) in [5, 5.41) is 0. The summed E-state index contributed by atoms with van der Waals surface area (Å²) in [6, 6.07) is 0. The molecule has 0 bridgehead atoms. The van der Waals surface area contributed by atoms with Gasteiger partial charge in [-0.3, -0.25) is 0 Å². The van der Waals surface area contributed by atoms with Gasteiger partial charge < -0.3 is 4.74 Å². The van der Waals surface area contributed by atoms with Crippen LogP contribution >= 0.6 is 0 Å². The zero-order chi connectivity index (χ0) is 8.91. The summed E-state index contributed by atoms with van der Waals surface area (Å²) in [5.41, 5.74) is 1.22. The Balaban J connectivity index is 3.90. The fraction of sp³-hybridized carbons (Fsp3) is 0.800. The van der Waals surface area contributed by atoms with Crippen molar-refractivity contribution >= 4 is 0 Å². The molecule has 66 valence electrons. The largest absolute Gasteiger partial charge is 0.372 e. The van der Waals surface area contributed by atoms with Gasteiger partial charge in [0.1, 0.15) is 0 Å². The highest BCUT2D eigenvalue weighted by molar-refractivity contribution is 5.03. The van der Waals surface area contributed by atoms with Crippen LogP contribution in [0.2, 0.25) is 0 Å². The molecule has 0 aromatic heterocycles. The van der Waals surface area contributed by atoms with Crippen molar-refractivity contribution in [2.45, 2.75) is 46.6 Å². The molecular weight excluding hydrogens is 136 g/mol. The van der Waals surface area contributed by atoms with Gasteiger partial charge in [0.05, 0.1) is 5.60 Å². The number of allylic oxidation sites excluding steroid dienone is 1. The second kappa shape index (κ2) is 4.55. The quantitative estimate of drug-likeness (QED) is 0.568. The van der Waals surface area contributed by atoms with Crippen LogP contribution in [0.1, 0.15) is 41.0 Å². The van der Waals surface area contributed by atoms with Crippen LogP contribution in [0.3, 0.4) is 0 Å². The third kappa shape index (κ3) is 6.11. The van der Waals surface area contributed by atoms with Gasteiger partial charge >= 0.3 is 0 Å². The van der Waals surface area contributed by atoms with Gasteiger partial charge in [-0.05, 0) is 34.1 Å². The Morgan fingerprint density at radius 2 is 1.91 bits per heavy atom. The van der Waals surface area contributed by atoms with Crippen molar-refractivity contribution in [1.82, 2.24) is 0 Å². The van der Waals surface area contributed by atoms with Gasteiger partial charge in [-0.2, -0.15) is 0 Å². The number of hydrogen-bond donors (Lipinski definition) is 0. The zero-order valence-corrected chi connectivity index (χ0v) is 8.40. The molecule has 0 fully saturated rings. The van der Waals surface area contributed by atoms with E-state index in [9.17, 15) is 0 Å². The van der Waals surface area contributed by atoms with E-state index in [2.05, 4.69) is 40.7 Å². The minimum absolute atomic E-state index is 0.0884. The first kappa shape index (κ1) is 10.7. The molecule has 0 spiro atoms. The van der Waals surface area contributed by atoms with E-state index in [1.165, 1.54) is 5.57 Å². The van der Waals surface area contributed by atoms with Crippen molar-refractivity contribution in [2.24, 2.45) is 0 Å². The Labute approximate surface area is 70.4 Å². The molecule has 0 aromatic carbocycles. The SMILES string of the molecule is CCCOC(C)(C)C=C(C)C. The smallest absolute Gasteiger partial charge is 0.0808 e. The van der Waals surface area contributed by atoms with Crippen LogP contribution in [0.25, 0.3) is 0 Å². The predicted octanol–water partition coefficient (Wildman–Crippen LogP) is 3.16. The van der Waals surface area contributed by atoms with Gasteiger partial charge in [-0.25, -0.2) is 0 Å². The molecule has 0 saturated heterocycles. The van der Waals surface area contributed by atoms with Crippen LogP contribution in [-0.2, 0) is 4.74 Å². The minimum Gasteiger partial charge on any atom is -0.372 e. The fourth-order valence-corrected chi connectivity index (χ4v) is 1.10. The Hall–Kier alpha value is -0.300. The van der Waals surface area contributed by atoms with Crippen LogP contribution in [0.5, 0.6) is 0 Å². The Kier molecular flexibility index (Phi) is 4.43. The maximum absolute atomic E-state index is 5.61. The van der Waals surface area contributed by atoms with E-state index in [-0.39, 0.29) is 5.60 Å². The normalized spacial score (nSPS) is 11.4. The van der Waals surface area contributed by atoms with E-state index in [1.807, 2.05) is 0 Å². The summed E-state index contributed by atoms with van der Waals surface area (Å²) < 4.78 is 5.61. The molecule has 0 rings (SSSR count). The van der Waals surface area contributed by atoms with Crippen LogP contribution in [0.15, 0.2) is 11.6 Å². The summed E-state index contributed by atoms with van der Waals surface area (Å²) in [4.78, 5) is 0. The second-order valence-electron chi connectivity index (χ2n) is 3.67. The highest BCUT2D eigenvalue weighted by Gasteiger charge is 2.13. The van der Waals surface area contributed by atoms with E-state index in [1.54, 1.807) is 0 Å². The van der Waals surface area contributed by atoms with E-state index >= 15 is 0 Å². The lowest BCUT2D eigenvalue weighted by Gasteiger charge is -2.21. The van der Waals surface area contributed by atoms with Crippen LogP contribution in [0, 0.1) is 0 Å². The lowest BCUT2D eigenvalue weighted by molar-refractivity contribution is 0.0196. The maximum Gasteiger partial charge on any atom is 0.0808 e. The topological polar surface area (TPSA) is 9.23 Å². The number of rotatable bonds is 4. The van der Waals surface area contributed by atoms with Crippen molar-refractivity contribution in [3.63, 3.8) is 0 Å². The highest BCUT2D eigenvalue weighted by Crippen LogP contribution is 2.13. The first-order valence-corrected chi connectivity index (χ1v) is 4.28. The summed E-state index contributed by atoms with van der Waals surface area (Å²) >= 11 is 0. The van der Waals surface area contributed by atoms with Gasteiger partial charge in [-0.15, -0.1) is 0 Å². The molecule has 0 radical (unpaired) electrons. The molecule has 1 heteroatoms. The lowest BCUT2D eigenvalue weighted by Crippen LogP contribution is -2.22. The number of hydrogen-bond acceptors (Lipinski definition) is 1. The molecule has 1 nitrogen and oxygen atoms in total. The van der Waals surface area contributed by atoms with Crippen LogP contribution in [0.4, 0.5) is 0 Å². The molecule has 0 aliphatic rings. The maximum atomic E-state index is 5.61. The highest BCUT2D eigenvalue weighted by atomic mass is 16.5. The van der Waals surface area contributed by atoms with Crippen molar-refractivity contribution < 1.29 is 4.74 Å². The van der Waals surface area contributed by atoms with E-state index in [4.69, 9.17) is 4.74 Å². The standard InChI is InChI=1S/C10H20O/c1-6-7-11-10(4,5)8-9(2)3/h8H,6-7H2,1-5H3. The van der Waals surface area contributed by atoms with Gasteiger partial charge in [-0.1, -0.05) is 18.6 Å². The average Bonchev–Trinajstić information content (AvgIpc) is 1.81. The molecule has 0 amide bonds. The fourth-order valence-electron chi connectivity index (χ4n) is 1.10. The lowest BCUT2D eigenvalue weighted by atomic mass is 10.1. The monoisotopic (exact) mass is 156 g/mol. The van der Waals surface area contributed by atoms with E-state index < -0.39 is 0 Å². The first-order valence-electron chi connectivity index (χ1n) is 4.28. The van der Waals surface area contributed by atoms with Crippen molar-refractivity contribution in [3.05, 3.63) is 11.6 Å². The van der Waals surface area contributed by atoms with Crippen molar-refractivity contribution in [2.75, 3.05) is 6.61 Å². The molecule has 11 heavy (non-hydrogen) atoms. The van der Waals surface area contributed by atoms with Crippen LogP contribution < -0.4 is 0 Å². The average molecular weight is 156 g/mol.